The molecule has 80 valence electrons. The lowest BCUT2D eigenvalue weighted by atomic mass is 10.0. The first-order valence-corrected chi connectivity index (χ1v) is 5.53. The maximum Gasteiger partial charge on any atom is 0.0518 e. The van der Waals surface area contributed by atoms with Gasteiger partial charge in [-0.25, -0.2) is 0 Å². The lowest BCUT2D eigenvalue weighted by Gasteiger charge is -2.16. The Balaban J connectivity index is 3.36. The van der Waals surface area contributed by atoms with Gasteiger partial charge in [0.1, 0.15) is 0 Å². The third-order valence-electron chi connectivity index (χ3n) is 2.24. The van der Waals surface area contributed by atoms with Gasteiger partial charge in [-0.3, -0.25) is 0 Å². The van der Waals surface area contributed by atoms with E-state index in [1.54, 1.807) is 0 Å². The van der Waals surface area contributed by atoms with Gasteiger partial charge in [-0.15, -0.1) is 0 Å². The summed E-state index contributed by atoms with van der Waals surface area (Å²) in [5.74, 6) is 0.777. The maximum atomic E-state index is 5.53. The van der Waals surface area contributed by atoms with Crippen molar-refractivity contribution < 1.29 is 4.74 Å². The SMILES string of the molecule is CCNCC(CC)CCOC(C)C. The molecule has 0 amide bonds. The van der Waals surface area contributed by atoms with Crippen LogP contribution in [0.5, 0.6) is 0 Å². The van der Waals surface area contributed by atoms with Gasteiger partial charge in [0.05, 0.1) is 6.10 Å². The second-order valence-electron chi connectivity index (χ2n) is 3.79. The van der Waals surface area contributed by atoms with Crippen molar-refractivity contribution in [2.24, 2.45) is 5.92 Å². The van der Waals surface area contributed by atoms with Crippen molar-refractivity contribution in [3.8, 4) is 0 Å². The monoisotopic (exact) mass is 187 g/mol. The first-order valence-electron chi connectivity index (χ1n) is 5.53. The van der Waals surface area contributed by atoms with Gasteiger partial charge in [0.2, 0.25) is 0 Å². The molecule has 0 aromatic rings. The third kappa shape index (κ3) is 8.26. The van der Waals surface area contributed by atoms with Gasteiger partial charge in [-0.05, 0) is 39.3 Å². The highest BCUT2D eigenvalue weighted by Crippen LogP contribution is 2.07. The van der Waals surface area contributed by atoms with E-state index in [1.165, 1.54) is 12.8 Å². The molecule has 0 bridgehead atoms. The highest BCUT2D eigenvalue weighted by Gasteiger charge is 2.05. The van der Waals surface area contributed by atoms with Crippen LogP contribution in [0.15, 0.2) is 0 Å². The fourth-order valence-corrected chi connectivity index (χ4v) is 1.27. The van der Waals surface area contributed by atoms with E-state index >= 15 is 0 Å². The van der Waals surface area contributed by atoms with Gasteiger partial charge in [0, 0.05) is 6.61 Å². The Bertz CT molecular complexity index is 104. The molecule has 13 heavy (non-hydrogen) atoms. The summed E-state index contributed by atoms with van der Waals surface area (Å²) in [6.07, 6.45) is 2.80. The molecule has 2 nitrogen and oxygen atoms in total. The predicted octanol–water partition coefficient (Wildman–Crippen LogP) is 2.44. The topological polar surface area (TPSA) is 21.3 Å². The molecule has 0 aromatic heterocycles. The van der Waals surface area contributed by atoms with Crippen molar-refractivity contribution >= 4 is 0 Å². The second kappa shape index (κ2) is 8.52. The summed E-state index contributed by atoms with van der Waals surface area (Å²) in [6, 6.07) is 0. The fraction of sp³-hybridized carbons (Fsp3) is 1.00. The Morgan fingerprint density at radius 2 is 1.92 bits per heavy atom. The van der Waals surface area contributed by atoms with Gasteiger partial charge in [-0.1, -0.05) is 20.3 Å². The molecule has 1 atom stereocenters. The molecule has 0 aromatic carbocycles. The minimum Gasteiger partial charge on any atom is -0.379 e. The molecule has 0 aliphatic carbocycles. The van der Waals surface area contributed by atoms with Gasteiger partial charge < -0.3 is 10.1 Å². The minimum absolute atomic E-state index is 0.372. The number of nitrogens with one attached hydrogen (secondary N) is 1. The molecular weight excluding hydrogens is 162 g/mol. The fourth-order valence-electron chi connectivity index (χ4n) is 1.27. The average molecular weight is 187 g/mol. The van der Waals surface area contributed by atoms with Crippen molar-refractivity contribution in [3.05, 3.63) is 0 Å². The Hall–Kier alpha value is -0.0800. The standard InChI is InChI=1S/C11H25NO/c1-5-11(9-12-6-2)7-8-13-10(3)4/h10-12H,5-9H2,1-4H3. The van der Waals surface area contributed by atoms with E-state index in [2.05, 4.69) is 33.0 Å². The largest absolute Gasteiger partial charge is 0.379 e. The molecule has 0 radical (unpaired) electrons. The van der Waals surface area contributed by atoms with Gasteiger partial charge in [0.15, 0.2) is 0 Å². The van der Waals surface area contributed by atoms with Crippen molar-refractivity contribution in [1.82, 2.24) is 5.32 Å². The Kier molecular flexibility index (Phi) is 8.46. The number of hydrogen-bond acceptors (Lipinski definition) is 2. The second-order valence-corrected chi connectivity index (χ2v) is 3.79. The van der Waals surface area contributed by atoms with Crippen LogP contribution in [0.1, 0.15) is 40.5 Å². The van der Waals surface area contributed by atoms with Crippen LogP contribution in [-0.4, -0.2) is 25.8 Å². The highest BCUT2D eigenvalue weighted by atomic mass is 16.5. The molecule has 0 rings (SSSR count). The van der Waals surface area contributed by atoms with Crippen LogP contribution < -0.4 is 5.32 Å². The van der Waals surface area contributed by atoms with E-state index < -0.39 is 0 Å². The van der Waals surface area contributed by atoms with Crippen LogP contribution in [0.3, 0.4) is 0 Å². The van der Waals surface area contributed by atoms with E-state index in [0.717, 1.165) is 25.6 Å². The molecule has 0 aliphatic rings. The van der Waals surface area contributed by atoms with E-state index in [0.29, 0.717) is 6.10 Å². The number of rotatable bonds is 8. The first kappa shape index (κ1) is 12.9. The Morgan fingerprint density at radius 3 is 2.38 bits per heavy atom. The first-order chi connectivity index (χ1) is 6.20. The Morgan fingerprint density at radius 1 is 1.23 bits per heavy atom. The molecular formula is C11H25NO. The molecule has 0 aliphatic heterocycles. The van der Waals surface area contributed by atoms with E-state index in [9.17, 15) is 0 Å². The molecule has 2 heteroatoms. The summed E-state index contributed by atoms with van der Waals surface area (Å²) in [4.78, 5) is 0. The van der Waals surface area contributed by atoms with E-state index in [1.807, 2.05) is 0 Å². The van der Waals surface area contributed by atoms with E-state index in [-0.39, 0.29) is 0 Å². The minimum atomic E-state index is 0.372. The summed E-state index contributed by atoms with van der Waals surface area (Å²) < 4.78 is 5.53. The number of ether oxygens (including phenoxy) is 1. The van der Waals surface area contributed by atoms with Crippen molar-refractivity contribution in [1.29, 1.82) is 0 Å². The van der Waals surface area contributed by atoms with Crippen LogP contribution >= 0.6 is 0 Å². The van der Waals surface area contributed by atoms with Crippen molar-refractivity contribution in [2.45, 2.75) is 46.6 Å². The molecule has 0 saturated carbocycles. The zero-order valence-electron chi connectivity index (χ0n) is 9.60. The molecule has 0 saturated heterocycles. The maximum absolute atomic E-state index is 5.53. The quantitative estimate of drug-likeness (QED) is 0.630. The molecule has 1 N–H and O–H groups in total. The van der Waals surface area contributed by atoms with Crippen molar-refractivity contribution in [3.63, 3.8) is 0 Å². The van der Waals surface area contributed by atoms with Gasteiger partial charge in [-0.2, -0.15) is 0 Å². The third-order valence-corrected chi connectivity index (χ3v) is 2.24. The van der Waals surface area contributed by atoms with Crippen LogP contribution in [0.4, 0.5) is 0 Å². The summed E-state index contributed by atoms with van der Waals surface area (Å²) in [6.45, 7) is 11.7. The number of hydrogen-bond donors (Lipinski definition) is 1. The summed E-state index contributed by atoms with van der Waals surface area (Å²) in [5.41, 5.74) is 0. The smallest absolute Gasteiger partial charge is 0.0518 e. The highest BCUT2D eigenvalue weighted by molar-refractivity contribution is 4.59. The molecule has 1 unspecified atom stereocenters. The van der Waals surface area contributed by atoms with Crippen LogP contribution in [0.2, 0.25) is 0 Å². The van der Waals surface area contributed by atoms with E-state index in [4.69, 9.17) is 4.74 Å². The van der Waals surface area contributed by atoms with Crippen LogP contribution in [0, 0.1) is 5.92 Å². The van der Waals surface area contributed by atoms with Crippen LogP contribution in [0.25, 0.3) is 0 Å². The van der Waals surface area contributed by atoms with Crippen LogP contribution in [-0.2, 0) is 4.74 Å². The lowest BCUT2D eigenvalue weighted by Crippen LogP contribution is -2.23. The van der Waals surface area contributed by atoms with Crippen molar-refractivity contribution in [2.75, 3.05) is 19.7 Å². The predicted molar refractivity (Wildman–Crippen MR) is 58.0 cm³/mol. The normalized spacial score (nSPS) is 13.6. The summed E-state index contributed by atoms with van der Waals surface area (Å²) in [7, 11) is 0. The average Bonchev–Trinajstić information content (AvgIpc) is 2.10. The lowest BCUT2D eigenvalue weighted by molar-refractivity contribution is 0.0680. The molecule has 0 fully saturated rings. The molecule has 0 spiro atoms. The zero-order chi connectivity index (χ0) is 10.1. The van der Waals surface area contributed by atoms with Gasteiger partial charge >= 0.3 is 0 Å². The summed E-state index contributed by atoms with van der Waals surface area (Å²) >= 11 is 0. The Labute approximate surface area is 83.1 Å². The molecule has 0 heterocycles. The summed E-state index contributed by atoms with van der Waals surface area (Å²) in [5, 5.41) is 3.38. The van der Waals surface area contributed by atoms with Gasteiger partial charge in [0.25, 0.3) is 0 Å². The zero-order valence-corrected chi connectivity index (χ0v) is 9.60.